The Balaban J connectivity index is 1.63. The van der Waals surface area contributed by atoms with Crippen molar-refractivity contribution >= 4 is 15.9 Å². The van der Waals surface area contributed by atoms with E-state index in [-0.39, 0.29) is 37.8 Å². The maximum Gasteiger partial charge on any atom is 0.416 e. The second-order valence-corrected chi connectivity index (χ2v) is 10.8. The number of carbonyl (C=O) groups excluding carboxylic acids is 1. The van der Waals surface area contributed by atoms with E-state index >= 15 is 0 Å². The first kappa shape index (κ1) is 26.7. The van der Waals surface area contributed by atoms with Crippen LogP contribution in [0.25, 0.3) is 0 Å². The van der Waals surface area contributed by atoms with Gasteiger partial charge in [0.1, 0.15) is 11.9 Å². The van der Waals surface area contributed by atoms with Crippen molar-refractivity contribution in [3.05, 3.63) is 29.8 Å². The van der Waals surface area contributed by atoms with Crippen LogP contribution in [0.2, 0.25) is 0 Å². The molecule has 2 aliphatic heterocycles. The molecule has 0 spiro atoms. The topological polar surface area (TPSA) is 108 Å². The zero-order valence-corrected chi connectivity index (χ0v) is 19.7. The van der Waals surface area contributed by atoms with Gasteiger partial charge < -0.3 is 14.4 Å². The first-order chi connectivity index (χ1) is 16.0. The van der Waals surface area contributed by atoms with E-state index in [1.807, 2.05) is 4.90 Å². The Morgan fingerprint density at radius 3 is 2.24 bits per heavy atom. The third-order valence-electron chi connectivity index (χ3n) is 6.51. The Kier molecular flexibility index (Phi) is 8.45. The van der Waals surface area contributed by atoms with E-state index in [9.17, 15) is 31.6 Å². The Labute approximate surface area is 196 Å². The van der Waals surface area contributed by atoms with Crippen LogP contribution in [-0.2, 0) is 25.7 Å². The van der Waals surface area contributed by atoms with Crippen molar-refractivity contribution in [3.8, 4) is 5.75 Å². The van der Waals surface area contributed by atoms with Crippen LogP contribution >= 0.6 is 0 Å². The third-order valence-corrected chi connectivity index (χ3v) is 9.14. The fourth-order valence-electron chi connectivity index (χ4n) is 4.41. The number of benzene rings is 1. The summed E-state index contributed by atoms with van der Waals surface area (Å²) >= 11 is 0. The summed E-state index contributed by atoms with van der Waals surface area (Å²) in [7, 11) is -2.53. The number of likely N-dealkylation sites (tertiary alicyclic amines) is 1. The predicted molar refractivity (Wildman–Crippen MR) is 116 cm³/mol. The lowest BCUT2D eigenvalue weighted by atomic mass is 9.95. The van der Waals surface area contributed by atoms with Crippen molar-refractivity contribution in [2.75, 3.05) is 46.4 Å². The minimum Gasteiger partial charge on any atom is -0.490 e. The number of methoxy groups -OCH3 is 1. The van der Waals surface area contributed by atoms with E-state index < -0.39 is 32.4 Å². The van der Waals surface area contributed by atoms with Crippen molar-refractivity contribution in [1.82, 2.24) is 14.7 Å². The zero-order valence-electron chi connectivity index (χ0n) is 18.9. The highest BCUT2D eigenvalue weighted by Gasteiger charge is 2.55. The van der Waals surface area contributed by atoms with Gasteiger partial charge >= 0.3 is 6.18 Å². The Morgan fingerprint density at radius 2 is 1.74 bits per heavy atom. The molecule has 13 heteroatoms. The molecule has 0 radical (unpaired) electrons. The van der Waals surface area contributed by atoms with Crippen molar-refractivity contribution in [2.45, 2.75) is 42.7 Å². The number of nitrogens with one attached hydrogen (secondary N) is 1. The van der Waals surface area contributed by atoms with Crippen LogP contribution in [0.4, 0.5) is 13.2 Å². The summed E-state index contributed by atoms with van der Waals surface area (Å²) in [5.41, 5.74) is 0.766. The molecule has 2 N–H and O–H groups in total. The van der Waals surface area contributed by atoms with Crippen molar-refractivity contribution in [1.29, 1.82) is 0 Å². The van der Waals surface area contributed by atoms with Crippen LogP contribution in [-0.4, -0.2) is 86.0 Å². The number of hydrogen-bond donors (Lipinski definition) is 2. The van der Waals surface area contributed by atoms with Crippen molar-refractivity contribution in [3.63, 3.8) is 0 Å². The van der Waals surface area contributed by atoms with Gasteiger partial charge in [0, 0.05) is 39.8 Å². The molecule has 2 saturated heterocycles. The molecule has 3 rings (SSSR count). The van der Waals surface area contributed by atoms with Gasteiger partial charge in [0.05, 0.1) is 12.2 Å². The molecular formula is C21H30F3N3O6S. The fraction of sp³-hybridized carbons (Fsp3) is 0.667. The first-order valence-corrected chi connectivity index (χ1v) is 12.5. The van der Waals surface area contributed by atoms with Crippen LogP contribution in [0.3, 0.4) is 0 Å². The van der Waals surface area contributed by atoms with Gasteiger partial charge in [0.15, 0.2) is 4.75 Å². The van der Waals surface area contributed by atoms with Crippen LogP contribution < -0.4 is 10.2 Å². The SMILES string of the molecule is COCCN1CCC(C(=O)NO)(S(=O)(=O)N2CCC(Oc3ccc(C(F)(F)F)cc3)CC2)CC1. The van der Waals surface area contributed by atoms with Gasteiger partial charge in [0.2, 0.25) is 10.0 Å². The number of rotatable bonds is 8. The summed E-state index contributed by atoms with van der Waals surface area (Å²) in [4.78, 5) is 14.6. The van der Waals surface area contributed by atoms with Crippen molar-refractivity contribution in [2.24, 2.45) is 0 Å². The number of nitrogens with zero attached hydrogens (tertiary/aromatic N) is 2. The van der Waals surface area contributed by atoms with Gasteiger partial charge in [-0.25, -0.2) is 18.2 Å². The summed E-state index contributed by atoms with van der Waals surface area (Å²) in [6.45, 7) is 2.02. The number of hydroxylamine groups is 1. The largest absolute Gasteiger partial charge is 0.490 e. The number of piperidine rings is 2. The van der Waals surface area contributed by atoms with E-state index in [2.05, 4.69) is 0 Å². The number of sulfonamides is 1. The minimum absolute atomic E-state index is 0.0351. The molecule has 0 aliphatic carbocycles. The van der Waals surface area contributed by atoms with Gasteiger partial charge in [-0.3, -0.25) is 10.0 Å². The Morgan fingerprint density at radius 1 is 1.15 bits per heavy atom. The van der Waals surface area contributed by atoms with Gasteiger partial charge in [-0.2, -0.15) is 13.2 Å². The molecule has 0 aromatic heterocycles. The highest BCUT2D eigenvalue weighted by atomic mass is 32.2. The summed E-state index contributed by atoms with van der Waals surface area (Å²) in [5, 5.41) is 9.29. The van der Waals surface area contributed by atoms with Gasteiger partial charge in [-0.1, -0.05) is 0 Å². The van der Waals surface area contributed by atoms with Gasteiger partial charge in [0.25, 0.3) is 5.91 Å². The number of ether oxygens (including phenoxy) is 2. The molecular weight excluding hydrogens is 479 g/mol. The Hall–Kier alpha value is -1.93. The molecule has 0 bridgehead atoms. The van der Waals surface area contributed by atoms with E-state index in [1.165, 1.54) is 16.4 Å². The van der Waals surface area contributed by atoms with E-state index in [1.54, 1.807) is 12.6 Å². The second kappa shape index (κ2) is 10.8. The highest BCUT2D eigenvalue weighted by Crippen LogP contribution is 2.36. The predicted octanol–water partition coefficient (Wildman–Crippen LogP) is 1.86. The molecule has 1 aromatic rings. The lowest BCUT2D eigenvalue weighted by molar-refractivity contribution is -0.137. The molecule has 2 aliphatic rings. The average Bonchev–Trinajstić information content (AvgIpc) is 2.82. The molecule has 1 amide bonds. The lowest BCUT2D eigenvalue weighted by Crippen LogP contribution is -2.62. The van der Waals surface area contributed by atoms with E-state index in [0.717, 1.165) is 12.1 Å². The Bertz CT molecular complexity index is 926. The standard InChI is InChI=1S/C21H30F3N3O6S/c1-32-15-14-26-12-8-20(9-13-26,19(28)25-29)34(30,31)27-10-6-18(7-11-27)33-17-4-2-16(3-5-17)21(22,23)24/h2-5,18,29H,6-15H2,1H3,(H,25,28). The monoisotopic (exact) mass is 509 g/mol. The van der Waals surface area contributed by atoms with Gasteiger partial charge in [-0.15, -0.1) is 0 Å². The minimum atomic E-state index is -4.44. The number of carbonyl (C=O) groups is 1. The van der Waals surface area contributed by atoms with Crippen LogP contribution in [0.5, 0.6) is 5.75 Å². The summed E-state index contributed by atoms with van der Waals surface area (Å²) < 4.78 is 75.5. The summed E-state index contributed by atoms with van der Waals surface area (Å²) in [6, 6.07) is 4.35. The van der Waals surface area contributed by atoms with E-state index in [0.29, 0.717) is 39.1 Å². The molecule has 1 aromatic carbocycles. The zero-order chi connectivity index (χ0) is 25.0. The lowest BCUT2D eigenvalue weighted by Gasteiger charge is -2.43. The molecule has 192 valence electrons. The first-order valence-electron chi connectivity index (χ1n) is 11.0. The fourth-order valence-corrected chi connectivity index (χ4v) is 6.58. The molecule has 9 nitrogen and oxygen atoms in total. The molecule has 2 fully saturated rings. The van der Waals surface area contributed by atoms with Crippen LogP contribution in [0.15, 0.2) is 24.3 Å². The normalized spacial score (nSPS) is 20.7. The number of hydrogen-bond acceptors (Lipinski definition) is 7. The highest BCUT2D eigenvalue weighted by molar-refractivity contribution is 7.91. The number of alkyl halides is 3. The maximum atomic E-state index is 13.5. The molecule has 0 saturated carbocycles. The average molecular weight is 510 g/mol. The van der Waals surface area contributed by atoms with Crippen LogP contribution in [0, 0.1) is 0 Å². The number of halogens is 3. The molecule has 0 unspecified atom stereocenters. The maximum absolute atomic E-state index is 13.5. The molecule has 2 heterocycles. The third kappa shape index (κ3) is 5.65. The second-order valence-electron chi connectivity index (χ2n) is 8.51. The van der Waals surface area contributed by atoms with Crippen molar-refractivity contribution < 1.29 is 41.1 Å². The smallest absolute Gasteiger partial charge is 0.416 e. The molecule has 0 atom stereocenters. The van der Waals surface area contributed by atoms with Crippen LogP contribution in [0.1, 0.15) is 31.2 Å². The van der Waals surface area contributed by atoms with Gasteiger partial charge in [-0.05, 0) is 49.9 Å². The van der Waals surface area contributed by atoms with E-state index in [4.69, 9.17) is 9.47 Å². The summed E-state index contributed by atoms with van der Waals surface area (Å²) in [6.07, 6.45) is -4.11. The summed E-state index contributed by atoms with van der Waals surface area (Å²) in [5.74, 6) is -0.670. The molecule has 34 heavy (non-hydrogen) atoms. The number of amides is 1. The quantitative estimate of drug-likeness (QED) is 0.407.